The summed E-state index contributed by atoms with van der Waals surface area (Å²) >= 11 is 5.76. The summed E-state index contributed by atoms with van der Waals surface area (Å²) in [5, 5.41) is 2.56. The topological polar surface area (TPSA) is 32.3 Å². The molecule has 0 aliphatic carbocycles. The van der Waals surface area contributed by atoms with Crippen LogP contribution in [0.3, 0.4) is 0 Å². The number of benzene rings is 1. The average Bonchev–Trinajstić information content (AvgIpc) is 2.42. The molecule has 1 saturated heterocycles. The molecule has 3 nitrogen and oxygen atoms in total. The van der Waals surface area contributed by atoms with Gasteiger partial charge < -0.3 is 5.32 Å². The van der Waals surface area contributed by atoms with E-state index < -0.39 is 5.38 Å². The number of piperidine rings is 1. The molecule has 1 N–H and O–H groups in total. The van der Waals surface area contributed by atoms with Crippen LogP contribution in [0.2, 0.25) is 0 Å². The van der Waals surface area contributed by atoms with E-state index in [1.54, 1.807) is 6.92 Å². The van der Waals surface area contributed by atoms with E-state index >= 15 is 0 Å². The van der Waals surface area contributed by atoms with Crippen molar-refractivity contribution < 1.29 is 4.79 Å². The van der Waals surface area contributed by atoms with Crippen molar-refractivity contribution >= 4 is 17.5 Å². The van der Waals surface area contributed by atoms with Crippen LogP contribution in [-0.4, -0.2) is 35.3 Å². The molecule has 104 valence electrons. The Kier molecular flexibility index (Phi) is 5.23. The number of nitrogens with zero attached hydrogens (tertiary/aromatic N) is 1. The summed E-state index contributed by atoms with van der Waals surface area (Å²) in [7, 11) is 0. The Labute approximate surface area is 119 Å². The summed E-state index contributed by atoms with van der Waals surface area (Å²) in [5.41, 5.74) is 1.35. The van der Waals surface area contributed by atoms with E-state index in [9.17, 15) is 4.79 Å². The molecule has 1 atom stereocenters. The minimum absolute atomic E-state index is 0.0526. The van der Waals surface area contributed by atoms with Gasteiger partial charge in [-0.05, 0) is 25.3 Å². The van der Waals surface area contributed by atoms with Gasteiger partial charge in [-0.2, -0.15) is 0 Å². The molecule has 1 aliphatic heterocycles. The molecule has 1 fully saturated rings. The third-order valence-electron chi connectivity index (χ3n) is 3.54. The molecular weight excluding hydrogens is 260 g/mol. The van der Waals surface area contributed by atoms with Crippen molar-refractivity contribution in [2.24, 2.45) is 0 Å². The smallest absolute Gasteiger partial charge is 0.237 e. The van der Waals surface area contributed by atoms with Gasteiger partial charge >= 0.3 is 0 Å². The number of alkyl halides is 1. The lowest BCUT2D eigenvalue weighted by Crippen LogP contribution is -2.46. The maximum Gasteiger partial charge on any atom is 0.237 e. The normalized spacial score (nSPS) is 19.1. The Morgan fingerprint density at radius 2 is 2.00 bits per heavy atom. The van der Waals surface area contributed by atoms with E-state index in [4.69, 9.17) is 11.6 Å². The average molecular weight is 281 g/mol. The van der Waals surface area contributed by atoms with Crippen molar-refractivity contribution in [1.29, 1.82) is 0 Å². The predicted octanol–water partition coefficient (Wildman–Crippen LogP) is 2.39. The molecule has 0 radical (unpaired) electrons. The summed E-state index contributed by atoms with van der Waals surface area (Å²) < 4.78 is 0. The largest absolute Gasteiger partial charge is 0.352 e. The van der Waals surface area contributed by atoms with Gasteiger partial charge in [0.05, 0.1) is 0 Å². The van der Waals surface area contributed by atoms with Gasteiger partial charge in [-0.25, -0.2) is 0 Å². The summed E-state index contributed by atoms with van der Waals surface area (Å²) in [6, 6.07) is 10.8. The van der Waals surface area contributed by atoms with Gasteiger partial charge in [0.25, 0.3) is 0 Å². The molecule has 2 rings (SSSR count). The summed E-state index contributed by atoms with van der Waals surface area (Å²) in [4.78, 5) is 14.0. The minimum Gasteiger partial charge on any atom is -0.352 e. The van der Waals surface area contributed by atoms with E-state index in [1.165, 1.54) is 5.56 Å². The molecule has 1 amide bonds. The maximum absolute atomic E-state index is 11.5. The van der Waals surface area contributed by atoms with Crippen molar-refractivity contribution in [2.45, 2.75) is 37.7 Å². The molecule has 0 unspecified atom stereocenters. The van der Waals surface area contributed by atoms with E-state index in [2.05, 4.69) is 34.5 Å². The SMILES string of the molecule is C[C@H](Cl)C(=O)NC1CCN(Cc2ccccc2)CC1. The Morgan fingerprint density at radius 1 is 1.37 bits per heavy atom. The van der Waals surface area contributed by atoms with E-state index in [0.29, 0.717) is 0 Å². The summed E-state index contributed by atoms with van der Waals surface area (Å²) in [6.45, 7) is 4.75. The molecule has 1 heterocycles. The highest BCUT2D eigenvalue weighted by molar-refractivity contribution is 6.30. The first-order valence-corrected chi connectivity index (χ1v) is 7.29. The predicted molar refractivity (Wildman–Crippen MR) is 78.2 cm³/mol. The maximum atomic E-state index is 11.5. The van der Waals surface area contributed by atoms with Crippen LogP contribution in [0, 0.1) is 0 Å². The van der Waals surface area contributed by atoms with Crippen LogP contribution in [0.15, 0.2) is 30.3 Å². The fourth-order valence-electron chi connectivity index (χ4n) is 2.39. The standard InChI is InChI=1S/C15H21ClN2O/c1-12(16)15(19)17-14-7-9-18(10-8-14)11-13-5-3-2-4-6-13/h2-6,12,14H,7-11H2,1H3,(H,17,19)/t12-/m0/s1. The van der Waals surface area contributed by atoms with Gasteiger partial charge in [0, 0.05) is 25.7 Å². The van der Waals surface area contributed by atoms with Gasteiger partial charge in [0.2, 0.25) is 5.91 Å². The number of halogens is 1. The number of likely N-dealkylation sites (tertiary alicyclic amines) is 1. The fraction of sp³-hybridized carbons (Fsp3) is 0.533. The highest BCUT2D eigenvalue weighted by Gasteiger charge is 2.21. The molecule has 1 aliphatic rings. The van der Waals surface area contributed by atoms with Crippen LogP contribution in [0.4, 0.5) is 0 Å². The van der Waals surface area contributed by atoms with Crippen molar-refractivity contribution in [3.05, 3.63) is 35.9 Å². The molecule has 1 aromatic rings. The van der Waals surface area contributed by atoms with Crippen LogP contribution in [0.25, 0.3) is 0 Å². The fourth-order valence-corrected chi connectivity index (χ4v) is 2.46. The lowest BCUT2D eigenvalue weighted by Gasteiger charge is -2.32. The molecule has 1 aromatic carbocycles. The van der Waals surface area contributed by atoms with Gasteiger partial charge in [-0.3, -0.25) is 9.69 Å². The zero-order chi connectivity index (χ0) is 13.7. The quantitative estimate of drug-likeness (QED) is 0.859. The van der Waals surface area contributed by atoms with Crippen LogP contribution in [0.5, 0.6) is 0 Å². The van der Waals surface area contributed by atoms with Gasteiger partial charge in [-0.1, -0.05) is 30.3 Å². The Bertz CT molecular complexity index is 400. The Balaban J connectivity index is 1.75. The lowest BCUT2D eigenvalue weighted by molar-refractivity contribution is -0.121. The van der Waals surface area contributed by atoms with Crippen LogP contribution in [-0.2, 0) is 11.3 Å². The molecule has 0 saturated carbocycles. The van der Waals surface area contributed by atoms with Crippen molar-refractivity contribution in [2.75, 3.05) is 13.1 Å². The highest BCUT2D eigenvalue weighted by atomic mass is 35.5. The van der Waals surface area contributed by atoms with Gasteiger partial charge in [0.1, 0.15) is 5.38 Å². The number of rotatable bonds is 4. The second-order valence-electron chi connectivity index (χ2n) is 5.16. The number of hydrogen-bond donors (Lipinski definition) is 1. The molecular formula is C15H21ClN2O. The molecule has 4 heteroatoms. The van der Waals surface area contributed by atoms with E-state index in [0.717, 1.165) is 32.5 Å². The van der Waals surface area contributed by atoms with E-state index in [-0.39, 0.29) is 11.9 Å². The van der Waals surface area contributed by atoms with Gasteiger partial charge in [-0.15, -0.1) is 11.6 Å². The molecule has 19 heavy (non-hydrogen) atoms. The lowest BCUT2D eigenvalue weighted by atomic mass is 10.0. The number of nitrogens with one attached hydrogen (secondary N) is 1. The van der Waals surface area contributed by atoms with Crippen molar-refractivity contribution in [1.82, 2.24) is 10.2 Å². The molecule has 0 bridgehead atoms. The second-order valence-corrected chi connectivity index (χ2v) is 5.82. The zero-order valence-electron chi connectivity index (χ0n) is 11.3. The minimum atomic E-state index is -0.442. The number of carbonyl (C=O) groups is 1. The number of amides is 1. The monoisotopic (exact) mass is 280 g/mol. The highest BCUT2D eigenvalue weighted by Crippen LogP contribution is 2.14. The first-order valence-electron chi connectivity index (χ1n) is 6.86. The van der Waals surface area contributed by atoms with Crippen molar-refractivity contribution in [3.8, 4) is 0 Å². The van der Waals surface area contributed by atoms with Gasteiger partial charge in [0.15, 0.2) is 0 Å². The molecule has 0 aromatic heterocycles. The number of hydrogen-bond acceptors (Lipinski definition) is 2. The number of carbonyl (C=O) groups excluding carboxylic acids is 1. The van der Waals surface area contributed by atoms with Crippen molar-refractivity contribution in [3.63, 3.8) is 0 Å². The second kappa shape index (κ2) is 6.92. The summed E-state index contributed by atoms with van der Waals surface area (Å²) in [5.74, 6) is -0.0526. The third kappa shape index (κ3) is 4.51. The molecule has 0 spiro atoms. The van der Waals surface area contributed by atoms with Crippen LogP contribution in [0.1, 0.15) is 25.3 Å². The summed E-state index contributed by atoms with van der Waals surface area (Å²) in [6.07, 6.45) is 2.00. The Morgan fingerprint density at radius 3 is 2.58 bits per heavy atom. The Hall–Kier alpha value is -1.06. The van der Waals surface area contributed by atoms with E-state index in [1.807, 2.05) is 6.07 Å². The third-order valence-corrected chi connectivity index (χ3v) is 3.74. The first-order chi connectivity index (χ1) is 9.15. The van der Waals surface area contributed by atoms with Crippen LogP contribution < -0.4 is 5.32 Å². The zero-order valence-corrected chi connectivity index (χ0v) is 12.1. The van der Waals surface area contributed by atoms with Crippen LogP contribution >= 0.6 is 11.6 Å². The first kappa shape index (κ1) is 14.4.